The first kappa shape index (κ1) is 19.1. The number of nitrogens with two attached hydrogens (primary N) is 1. The number of nitrogens with one attached hydrogen (secondary N) is 1. The SMILES string of the molecule is CC(OC(=O)c1ccc(N)cc1)C(=O)Nc1nc(-c2ccc(Br)cc2)cs1. The van der Waals surface area contributed by atoms with Gasteiger partial charge in [0.15, 0.2) is 11.2 Å². The van der Waals surface area contributed by atoms with Crippen LogP contribution in [-0.4, -0.2) is 23.0 Å². The van der Waals surface area contributed by atoms with Gasteiger partial charge in [-0.1, -0.05) is 28.1 Å². The number of aromatic nitrogens is 1. The zero-order valence-electron chi connectivity index (χ0n) is 14.3. The lowest BCUT2D eigenvalue weighted by Gasteiger charge is -2.12. The van der Waals surface area contributed by atoms with Gasteiger partial charge in [-0.25, -0.2) is 9.78 Å². The molecule has 1 amide bonds. The van der Waals surface area contributed by atoms with Crippen molar-refractivity contribution in [2.75, 3.05) is 11.1 Å². The molecule has 0 bridgehead atoms. The number of nitrogens with zero attached hydrogens (tertiary/aromatic N) is 1. The fraction of sp³-hybridized carbons (Fsp3) is 0.105. The Morgan fingerprint density at radius 3 is 2.48 bits per heavy atom. The van der Waals surface area contributed by atoms with E-state index in [2.05, 4.69) is 26.2 Å². The summed E-state index contributed by atoms with van der Waals surface area (Å²) in [5, 5.41) is 4.96. The van der Waals surface area contributed by atoms with E-state index in [1.165, 1.54) is 18.3 Å². The molecule has 1 aromatic heterocycles. The van der Waals surface area contributed by atoms with Crippen LogP contribution in [0.3, 0.4) is 0 Å². The number of anilines is 2. The smallest absolute Gasteiger partial charge is 0.338 e. The molecule has 1 heterocycles. The summed E-state index contributed by atoms with van der Waals surface area (Å²) in [6, 6.07) is 14.0. The van der Waals surface area contributed by atoms with Crippen molar-refractivity contribution in [3.63, 3.8) is 0 Å². The van der Waals surface area contributed by atoms with Crippen LogP contribution in [-0.2, 0) is 9.53 Å². The van der Waals surface area contributed by atoms with Crippen LogP contribution in [0.2, 0.25) is 0 Å². The summed E-state index contributed by atoms with van der Waals surface area (Å²) in [5.74, 6) is -1.04. The number of carbonyl (C=O) groups is 2. The molecule has 6 nitrogen and oxygen atoms in total. The third-order valence-corrected chi connectivity index (χ3v) is 4.96. The van der Waals surface area contributed by atoms with Crippen molar-refractivity contribution >= 4 is 50.0 Å². The van der Waals surface area contributed by atoms with Crippen LogP contribution in [0.5, 0.6) is 0 Å². The maximum absolute atomic E-state index is 12.3. The second-order valence-electron chi connectivity index (χ2n) is 5.70. The monoisotopic (exact) mass is 445 g/mol. The number of carbonyl (C=O) groups excluding carboxylic acids is 2. The first-order valence-corrected chi connectivity index (χ1v) is 9.68. The average Bonchev–Trinajstić information content (AvgIpc) is 3.11. The maximum Gasteiger partial charge on any atom is 0.338 e. The van der Waals surface area contributed by atoms with Gasteiger partial charge in [-0.2, -0.15) is 0 Å². The fourth-order valence-electron chi connectivity index (χ4n) is 2.19. The topological polar surface area (TPSA) is 94.3 Å². The molecule has 2 aromatic carbocycles. The summed E-state index contributed by atoms with van der Waals surface area (Å²) in [4.78, 5) is 28.8. The van der Waals surface area contributed by atoms with Crippen molar-refractivity contribution in [1.29, 1.82) is 0 Å². The molecule has 1 atom stereocenters. The van der Waals surface area contributed by atoms with Gasteiger partial charge in [0.1, 0.15) is 0 Å². The molecule has 0 saturated heterocycles. The summed E-state index contributed by atoms with van der Waals surface area (Å²) in [6.45, 7) is 1.51. The molecule has 0 aliphatic carbocycles. The van der Waals surface area contributed by atoms with E-state index < -0.39 is 18.0 Å². The molecule has 3 aromatic rings. The van der Waals surface area contributed by atoms with Crippen LogP contribution in [0.4, 0.5) is 10.8 Å². The van der Waals surface area contributed by atoms with Crippen molar-refractivity contribution in [3.8, 4) is 11.3 Å². The van der Waals surface area contributed by atoms with Crippen LogP contribution < -0.4 is 11.1 Å². The normalized spacial score (nSPS) is 11.6. The number of thiazole rings is 1. The standard InChI is InChI=1S/C19H16BrN3O3S/c1-11(26-18(25)13-4-8-15(21)9-5-13)17(24)23-19-22-16(10-27-19)12-2-6-14(20)7-3-12/h2-11H,21H2,1H3,(H,22,23,24). The minimum atomic E-state index is -0.963. The highest BCUT2D eigenvalue weighted by Crippen LogP contribution is 2.26. The van der Waals surface area contributed by atoms with Crippen LogP contribution in [0.15, 0.2) is 58.4 Å². The molecule has 0 aliphatic rings. The molecule has 3 rings (SSSR count). The summed E-state index contributed by atoms with van der Waals surface area (Å²) < 4.78 is 6.17. The zero-order chi connectivity index (χ0) is 19.4. The van der Waals surface area contributed by atoms with E-state index in [-0.39, 0.29) is 0 Å². The zero-order valence-corrected chi connectivity index (χ0v) is 16.7. The van der Waals surface area contributed by atoms with E-state index in [1.54, 1.807) is 24.3 Å². The predicted octanol–water partition coefficient (Wildman–Crippen LogP) is 4.34. The van der Waals surface area contributed by atoms with Gasteiger partial charge in [0, 0.05) is 21.1 Å². The van der Waals surface area contributed by atoms with Gasteiger partial charge >= 0.3 is 5.97 Å². The van der Waals surface area contributed by atoms with E-state index in [1.807, 2.05) is 29.6 Å². The predicted molar refractivity (Wildman–Crippen MR) is 110 cm³/mol. The van der Waals surface area contributed by atoms with E-state index in [4.69, 9.17) is 10.5 Å². The highest BCUT2D eigenvalue weighted by atomic mass is 79.9. The van der Waals surface area contributed by atoms with Gasteiger partial charge in [0.25, 0.3) is 5.91 Å². The van der Waals surface area contributed by atoms with Gasteiger partial charge in [-0.3, -0.25) is 10.1 Å². The molecule has 0 spiro atoms. The first-order valence-electron chi connectivity index (χ1n) is 8.01. The van der Waals surface area contributed by atoms with Crippen molar-refractivity contribution in [2.45, 2.75) is 13.0 Å². The Balaban J connectivity index is 1.60. The van der Waals surface area contributed by atoms with Crippen LogP contribution >= 0.6 is 27.3 Å². The van der Waals surface area contributed by atoms with Gasteiger partial charge in [-0.05, 0) is 43.3 Å². The van der Waals surface area contributed by atoms with E-state index >= 15 is 0 Å². The third-order valence-electron chi connectivity index (χ3n) is 3.67. The Morgan fingerprint density at radius 1 is 1.15 bits per heavy atom. The molecule has 138 valence electrons. The van der Waals surface area contributed by atoms with E-state index in [0.29, 0.717) is 16.4 Å². The molecule has 3 N–H and O–H groups in total. The molecule has 8 heteroatoms. The van der Waals surface area contributed by atoms with Crippen LogP contribution in [0.1, 0.15) is 17.3 Å². The van der Waals surface area contributed by atoms with Crippen molar-refractivity contribution in [1.82, 2.24) is 4.98 Å². The minimum absolute atomic E-state index is 0.329. The molecular formula is C19H16BrN3O3S. The number of nitrogen functional groups attached to an aromatic ring is 1. The van der Waals surface area contributed by atoms with Gasteiger partial charge in [0.05, 0.1) is 11.3 Å². The van der Waals surface area contributed by atoms with Gasteiger partial charge < -0.3 is 10.5 Å². The molecule has 0 fully saturated rings. The summed E-state index contributed by atoms with van der Waals surface area (Å²) in [6.07, 6.45) is -0.963. The highest BCUT2D eigenvalue weighted by Gasteiger charge is 2.20. The van der Waals surface area contributed by atoms with Crippen molar-refractivity contribution in [2.24, 2.45) is 0 Å². The lowest BCUT2D eigenvalue weighted by atomic mass is 10.2. The number of amides is 1. The van der Waals surface area contributed by atoms with Crippen molar-refractivity contribution < 1.29 is 14.3 Å². The molecule has 0 aliphatic heterocycles. The Labute approximate surface area is 168 Å². The lowest BCUT2D eigenvalue weighted by molar-refractivity contribution is -0.123. The van der Waals surface area contributed by atoms with E-state index in [9.17, 15) is 9.59 Å². The van der Waals surface area contributed by atoms with E-state index in [0.717, 1.165) is 15.7 Å². The van der Waals surface area contributed by atoms with Crippen LogP contribution in [0.25, 0.3) is 11.3 Å². The number of halogens is 1. The number of ether oxygens (including phenoxy) is 1. The Hall–Kier alpha value is -2.71. The molecule has 27 heavy (non-hydrogen) atoms. The summed E-state index contributed by atoms with van der Waals surface area (Å²) >= 11 is 4.69. The van der Waals surface area contributed by atoms with Crippen LogP contribution in [0, 0.1) is 0 Å². The number of esters is 1. The molecular weight excluding hydrogens is 430 g/mol. The Kier molecular flexibility index (Phi) is 5.88. The summed E-state index contributed by atoms with van der Waals surface area (Å²) in [5.41, 5.74) is 8.16. The Bertz CT molecular complexity index is 955. The second kappa shape index (κ2) is 8.32. The van der Waals surface area contributed by atoms with Gasteiger partial charge in [0.2, 0.25) is 0 Å². The maximum atomic E-state index is 12.3. The second-order valence-corrected chi connectivity index (χ2v) is 7.48. The largest absolute Gasteiger partial charge is 0.449 e. The quantitative estimate of drug-likeness (QED) is 0.449. The highest BCUT2D eigenvalue weighted by molar-refractivity contribution is 9.10. The third kappa shape index (κ3) is 4.93. The number of hydrogen-bond donors (Lipinski definition) is 2. The molecule has 0 saturated carbocycles. The Morgan fingerprint density at radius 2 is 1.81 bits per heavy atom. The lowest BCUT2D eigenvalue weighted by Crippen LogP contribution is -2.29. The number of rotatable bonds is 5. The summed E-state index contributed by atoms with van der Waals surface area (Å²) in [7, 11) is 0. The number of hydrogen-bond acceptors (Lipinski definition) is 6. The minimum Gasteiger partial charge on any atom is -0.449 e. The molecule has 0 radical (unpaired) electrons. The first-order chi connectivity index (χ1) is 12.9. The number of benzene rings is 2. The van der Waals surface area contributed by atoms with Gasteiger partial charge in [-0.15, -0.1) is 11.3 Å². The fourth-order valence-corrected chi connectivity index (χ4v) is 3.18. The average molecular weight is 446 g/mol. The van der Waals surface area contributed by atoms with Crippen molar-refractivity contribution in [3.05, 3.63) is 63.9 Å². The molecule has 1 unspecified atom stereocenters.